The molecule has 1 aromatic carbocycles. The predicted octanol–water partition coefficient (Wildman–Crippen LogP) is 3.72. The standard InChI is InChI=1S/C22H26N4O2S/c1-26(19(28)17-5-3-2-4-6-17)13-18(27)23-21-25-24-20(29-21)22-10-14-7-15(11-22)9-16(8-14)12-22/h2-6,14-16H,7-13H2,1H3,(H,23,25,27). The van der Waals surface area contributed by atoms with Gasteiger partial charge in [0.05, 0.1) is 6.54 Å². The number of nitrogens with one attached hydrogen (secondary N) is 1. The molecular weight excluding hydrogens is 384 g/mol. The highest BCUT2D eigenvalue weighted by atomic mass is 32.1. The van der Waals surface area contributed by atoms with Crippen LogP contribution in [0.2, 0.25) is 0 Å². The smallest absolute Gasteiger partial charge is 0.254 e. The van der Waals surface area contributed by atoms with Gasteiger partial charge in [0, 0.05) is 18.0 Å². The van der Waals surface area contributed by atoms with Crippen LogP contribution in [0.3, 0.4) is 0 Å². The first-order chi connectivity index (χ1) is 14.0. The van der Waals surface area contributed by atoms with Crippen LogP contribution in [0.5, 0.6) is 0 Å². The Balaban J connectivity index is 1.23. The molecule has 29 heavy (non-hydrogen) atoms. The summed E-state index contributed by atoms with van der Waals surface area (Å²) in [6, 6.07) is 8.99. The van der Waals surface area contributed by atoms with Gasteiger partial charge in [0.2, 0.25) is 11.0 Å². The molecule has 0 saturated heterocycles. The van der Waals surface area contributed by atoms with Crippen molar-refractivity contribution in [2.24, 2.45) is 17.8 Å². The summed E-state index contributed by atoms with van der Waals surface area (Å²) in [6.07, 6.45) is 7.87. The molecule has 0 atom stereocenters. The van der Waals surface area contributed by atoms with Gasteiger partial charge < -0.3 is 4.90 Å². The number of carbonyl (C=O) groups excluding carboxylic acids is 2. The van der Waals surface area contributed by atoms with Gasteiger partial charge >= 0.3 is 0 Å². The molecule has 4 bridgehead atoms. The van der Waals surface area contributed by atoms with Crippen LogP contribution in [0.15, 0.2) is 30.3 Å². The van der Waals surface area contributed by atoms with Crippen molar-refractivity contribution in [3.05, 3.63) is 40.9 Å². The highest BCUT2D eigenvalue weighted by molar-refractivity contribution is 7.15. The lowest BCUT2D eigenvalue weighted by molar-refractivity contribution is -0.116. The van der Waals surface area contributed by atoms with Gasteiger partial charge in [-0.3, -0.25) is 14.9 Å². The van der Waals surface area contributed by atoms with Crippen molar-refractivity contribution in [2.45, 2.75) is 43.9 Å². The molecule has 1 N–H and O–H groups in total. The molecule has 7 heteroatoms. The fourth-order valence-corrected chi connectivity index (χ4v) is 7.09. The van der Waals surface area contributed by atoms with Gasteiger partial charge in [0.25, 0.3) is 5.91 Å². The maximum absolute atomic E-state index is 12.4. The van der Waals surface area contributed by atoms with Crippen LogP contribution in [0, 0.1) is 17.8 Å². The second-order valence-corrected chi connectivity index (χ2v) is 10.2. The number of amides is 2. The molecule has 6 rings (SSSR count). The van der Waals surface area contributed by atoms with Gasteiger partial charge in [-0.05, 0) is 68.4 Å². The van der Waals surface area contributed by atoms with Crippen molar-refractivity contribution in [3.8, 4) is 0 Å². The Kier molecular flexibility index (Phi) is 4.65. The van der Waals surface area contributed by atoms with E-state index < -0.39 is 0 Å². The lowest BCUT2D eigenvalue weighted by Gasteiger charge is -2.55. The van der Waals surface area contributed by atoms with E-state index in [2.05, 4.69) is 15.5 Å². The molecule has 4 aliphatic carbocycles. The fraction of sp³-hybridized carbons (Fsp3) is 0.545. The molecule has 0 spiro atoms. The third kappa shape index (κ3) is 3.56. The molecule has 1 heterocycles. The van der Waals surface area contributed by atoms with Gasteiger partial charge in [-0.1, -0.05) is 29.5 Å². The topological polar surface area (TPSA) is 75.2 Å². The van der Waals surface area contributed by atoms with Crippen molar-refractivity contribution in [1.29, 1.82) is 0 Å². The van der Waals surface area contributed by atoms with E-state index in [1.54, 1.807) is 19.2 Å². The monoisotopic (exact) mass is 410 g/mol. The largest absolute Gasteiger partial charge is 0.332 e. The van der Waals surface area contributed by atoms with E-state index in [0.717, 1.165) is 22.8 Å². The van der Waals surface area contributed by atoms with E-state index in [-0.39, 0.29) is 23.8 Å². The number of carbonyl (C=O) groups is 2. The van der Waals surface area contributed by atoms with Crippen molar-refractivity contribution in [1.82, 2.24) is 15.1 Å². The summed E-state index contributed by atoms with van der Waals surface area (Å²) in [4.78, 5) is 26.3. The highest BCUT2D eigenvalue weighted by Crippen LogP contribution is 2.61. The van der Waals surface area contributed by atoms with Crippen LogP contribution in [-0.4, -0.2) is 40.5 Å². The zero-order chi connectivity index (χ0) is 20.0. The van der Waals surface area contributed by atoms with Crippen molar-refractivity contribution in [3.63, 3.8) is 0 Å². The Morgan fingerprint density at radius 3 is 2.31 bits per heavy atom. The number of anilines is 1. The molecule has 0 radical (unpaired) electrons. The lowest BCUT2D eigenvalue weighted by atomic mass is 9.50. The Hall–Kier alpha value is -2.28. The molecule has 4 aliphatic rings. The Morgan fingerprint density at radius 1 is 1.07 bits per heavy atom. The van der Waals surface area contributed by atoms with Gasteiger partial charge in [-0.2, -0.15) is 0 Å². The third-order valence-electron chi connectivity index (χ3n) is 6.91. The molecule has 1 aromatic heterocycles. The third-order valence-corrected chi connectivity index (χ3v) is 8.00. The first-order valence-corrected chi connectivity index (χ1v) is 11.3. The molecule has 2 amide bonds. The van der Waals surface area contributed by atoms with Crippen molar-refractivity contribution >= 4 is 28.3 Å². The molecule has 0 aliphatic heterocycles. The predicted molar refractivity (Wildman–Crippen MR) is 112 cm³/mol. The van der Waals surface area contributed by atoms with Crippen LogP contribution in [0.25, 0.3) is 0 Å². The highest BCUT2D eigenvalue weighted by Gasteiger charge is 2.53. The molecule has 0 unspecified atom stereocenters. The van der Waals surface area contributed by atoms with E-state index in [1.807, 2.05) is 18.2 Å². The second-order valence-electron chi connectivity index (χ2n) is 9.19. The van der Waals surface area contributed by atoms with Crippen molar-refractivity contribution < 1.29 is 9.59 Å². The number of benzene rings is 1. The zero-order valence-corrected chi connectivity index (χ0v) is 17.5. The van der Waals surface area contributed by atoms with Crippen LogP contribution in [0.4, 0.5) is 5.13 Å². The van der Waals surface area contributed by atoms with Gasteiger partial charge in [-0.15, -0.1) is 10.2 Å². The average Bonchev–Trinajstić information content (AvgIpc) is 3.16. The molecule has 6 nitrogen and oxygen atoms in total. The normalized spacial score (nSPS) is 29.6. The zero-order valence-electron chi connectivity index (χ0n) is 16.6. The molecule has 152 valence electrons. The number of likely N-dealkylation sites (N-methyl/N-ethyl adjacent to an activating group) is 1. The SMILES string of the molecule is CN(CC(=O)Nc1nnc(C23CC4CC(CC(C4)C2)C3)s1)C(=O)c1ccccc1. The average molecular weight is 411 g/mol. The van der Waals surface area contributed by atoms with Crippen LogP contribution in [0.1, 0.15) is 53.9 Å². The Bertz CT molecular complexity index is 891. The number of nitrogens with zero attached hydrogens (tertiary/aromatic N) is 3. The summed E-state index contributed by atoms with van der Waals surface area (Å²) >= 11 is 1.52. The minimum absolute atomic E-state index is 0.0139. The quantitative estimate of drug-likeness (QED) is 0.815. The Labute approximate surface area is 174 Å². The van der Waals surface area contributed by atoms with Crippen LogP contribution < -0.4 is 5.32 Å². The van der Waals surface area contributed by atoms with E-state index in [0.29, 0.717) is 10.7 Å². The van der Waals surface area contributed by atoms with Gasteiger partial charge in [0.1, 0.15) is 5.01 Å². The summed E-state index contributed by atoms with van der Waals surface area (Å²) in [7, 11) is 1.63. The summed E-state index contributed by atoms with van der Waals surface area (Å²) < 4.78 is 0. The Morgan fingerprint density at radius 2 is 1.69 bits per heavy atom. The second kappa shape index (κ2) is 7.20. The number of aromatic nitrogens is 2. The minimum Gasteiger partial charge on any atom is -0.332 e. The molecular formula is C22H26N4O2S. The first kappa shape index (κ1) is 18.7. The van der Waals surface area contributed by atoms with E-state index in [4.69, 9.17) is 0 Å². The minimum atomic E-state index is -0.245. The molecule has 2 aromatic rings. The lowest BCUT2D eigenvalue weighted by Crippen LogP contribution is -2.48. The van der Waals surface area contributed by atoms with Crippen LogP contribution >= 0.6 is 11.3 Å². The summed E-state index contributed by atoms with van der Waals surface area (Å²) in [5.74, 6) is 2.12. The summed E-state index contributed by atoms with van der Waals surface area (Å²) in [5.41, 5.74) is 0.762. The van der Waals surface area contributed by atoms with E-state index in [1.165, 1.54) is 54.8 Å². The molecule has 4 saturated carbocycles. The molecule has 4 fully saturated rings. The van der Waals surface area contributed by atoms with Gasteiger partial charge in [0.15, 0.2) is 0 Å². The summed E-state index contributed by atoms with van der Waals surface area (Å²) in [6.45, 7) is -0.0139. The first-order valence-electron chi connectivity index (χ1n) is 10.4. The number of hydrogen-bond acceptors (Lipinski definition) is 5. The van der Waals surface area contributed by atoms with Crippen molar-refractivity contribution in [2.75, 3.05) is 18.9 Å². The van der Waals surface area contributed by atoms with Gasteiger partial charge in [-0.25, -0.2) is 0 Å². The maximum atomic E-state index is 12.4. The van der Waals surface area contributed by atoms with Crippen LogP contribution in [-0.2, 0) is 10.2 Å². The number of rotatable bonds is 5. The van der Waals surface area contributed by atoms with E-state index >= 15 is 0 Å². The maximum Gasteiger partial charge on any atom is 0.254 e. The van der Waals surface area contributed by atoms with E-state index in [9.17, 15) is 9.59 Å². The fourth-order valence-electron chi connectivity index (χ4n) is 6.11. The summed E-state index contributed by atoms with van der Waals surface area (Å²) in [5, 5.41) is 13.2. The number of hydrogen-bond donors (Lipinski definition) is 1.